The summed E-state index contributed by atoms with van der Waals surface area (Å²) >= 11 is 16.4. The lowest BCUT2D eigenvalue weighted by atomic mass is 10.1. The van der Waals surface area contributed by atoms with Crippen LogP contribution in [0.3, 0.4) is 0 Å². The second-order valence-electron chi connectivity index (χ2n) is 3.43. The summed E-state index contributed by atoms with van der Waals surface area (Å²) in [6.07, 6.45) is 0.519. The summed E-state index contributed by atoms with van der Waals surface area (Å²) < 4.78 is 3.00. The zero-order valence-electron chi connectivity index (χ0n) is 8.10. The van der Waals surface area contributed by atoms with E-state index in [4.69, 9.17) is 40.5 Å². The number of ether oxygens (including phenoxy) is 1. The van der Waals surface area contributed by atoms with Crippen molar-refractivity contribution in [3.05, 3.63) is 0 Å². The Balaban J connectivity index is 4.08. The molecule has 0 heterocycles. The normalized spacial score (nSPS) is 14.2. The van der Waals surface area contributed by atoms with Crippen LogP contribution in [0.15, 0.2) is 0 Å². The Labute approximate surface area is 98.8 Å². The fraction of sp³-hybridized carbons (Fsp3) is 0.875. The molecule has 0 saturated heterocycles. The number of halogens is 3. The lowest BCUT2D eigenvalue weighted by molar-refractivity contribution is -0.148. The molecule has 0 aromatic carbocycles. The van der Waals surface area contributed by atoms with Crippen LogP contribution in [0.1, 0.15) is 20.3 Å². The zero-order chi connectivity index (χ0) is 11.4. The molecule has 0 aliphatic rings. The first-order chi connectivity index (χ1) is 6.28. The van der Waals surface area contributed by atoms with Crippen molar-refractivity contribution in [3.8, 4) is 0 Å². The van der Waals surface area contributed by atoms with Gasteiger partial charge in [0.15, 0.2) is 0 Å². The van der Waals surface area contributed by atoms with Crippen LogP contribution >= 0.6 is 34.8 Å². The van der Waals surface area contributed by atoms with Crippen LogP contribution in [0.5, 0.6) is 0 Å². The second-order valence-corrected chi connectivity index (χ2v) is 5.11. The highest BCUT2D eigenvalue weighted by Crippen LogP contribution is 2.25. The maximum Gasteiger partial charge on any atom is 0.325 e. The molecule has 0 aromatic heterocycles. The average molecular weight is 263 g/mol. The molecular weight excluding hydrogens is 248 g/mol. The monoisotopic (exact) mass is 261 g/mol. The lowest BCUT2D eigenvalue weighted by Crippen LogP contribution is -2.38. The summed E-state index contributed by atoms with van der Waals surface area (Å²) in [6, 6.07) is -0.713. The van der Waals surface area contributed by atoms with E-state index in [0.29, 0.717) is 12.3 Å². The third kappa shape index (κ3) is 5.91. The van der Waals surface area contributed by atoms with E-state index in [9.17, 15) is 4.79 Å². The van der Waals surface area contributed by atoms with Crippen molar-refractivity contribution in [1.29, 1.82) is 0 Å². The van der Waals surface area contributed by atoms with E-state index in [0.717, 1.165) is 0 Å². The highest BCUT2D eigenvalue weighted by molar-refractivity contribution is 6.50. The van der Waals surface area contributed by atoms with E-state index in [1.807, 2.05) is 13.8 Å². The molecule has 84 valence electrons. The molecule has 0 aromatic rings. The Morgan fingerprint density at radius 2 is 2.00 bits per heavy atom. The van der Waals surface area contributed by atoms with Gasteiger partial charge in [-0.15, -0.1) is 11.6 Å². The Hall–Kier alpha value is 0.300. The largest absolute Gasteiger partial charge is 0.426 e. The quantitative estimate of drug-likeness (QED) is 0.611. The number of alkyl halides is 3. The molecule has 3 nitrogen and oxygen atoms in total. The van der Waals surface area contributed by atoms with Crippen LogP contribution in [0.25, 0.3) is 0 Å². The van der Waals surface area contributed by atoms with Gasteiger partial charge in [-0.25, -0.2) is 0 Å². The number of carbonyl (C=O) groups is 1. The molecule has 14 heavy (non-hydrogen) atoms. The van der Waals surface area contributed by atoms with Crippen LogP contribution in [-0.4, -0.2) is 22.4 Å². The summed E-state index contributed by atoms with van der Waals surface area (Å²) in [7, 11) is 0. The molecule has 0 aliphatic heterocycles. The van der Waals surface area contributed by atoms with Gasteiger partial charge in [-0.2, -0.15) is 0 Å². The van der Waals surface area contributed by atoms with Gasteiger partial charge < -0.3 is 10.5 Å². The predicted octanol–water partition coefficient (Wildman–Crippen LogP) is 2.27. The third-order valence-electron chi connectivity index (χ3n) is 1.43. The number of nitrogens with two attached hydrogens (primary N) is 1. The highest BCUT2D eigenvalue weighted by atomic mass is 35.5. The Morgan fingerprint density at radius 1 is 1.50 bits per heavy atom. The van der Waals surface area contributed by atoms with Crippen molar-refractivity contribution in [1.82, 2.24) is 0 Å². The van der Waals surface area contributed by atoms with E-state index in [1.54, 1.807) is 0 Å². The molecule has 0 saturated carbocycles. The van der Waals surface area contributed by atoms with Crippen LogP contribution < -0.4 is 5.73 Å². The van der Waals surface area contributed by atoms with E-state index >= 15 is 0 Å². The molecule has 0 fully saturated rings. The van der Waals surface area contributed by atoms with Gasteiger partial charge >= 0.3 is 5.97 Å². The minimum atomic E-state index is -1.69. The minimum absolute atomic E-state index is 0.198. The van der Waals surface area contributed by atoms with Gasteiger partial charge in [0.05, 0.1) is 5.88 Å². The Kier molecular flexibility index (Phi) is 6.14. The van der Waals surface area contributed by atoms with Crippen molar-refractivity contribution in [2.24, 2.45) is 11.7 Å². The van der Waals surface area contributed by atoms with Gasteiger partial charge in [0.25, 0.3) is 4.52 Å². The molecule has 0 amide bonds. The molecular formula is C8H14Cl3NO2. The van der Waals surface area contributed by atoms with E-state index in [1.165, 1.54) is 0 Å². The summed E-state index contributed by atoms with van der Waals surface area (Å²) in [5.74, 6) is -0.533. The summed E-state index contributed by atoms with van der Waals surface area (Å²) in [5.41, 5.74) is 5.55. The van der Waals surface area contributed by atoms with Gasteiger partial charge in [-0.1, -0.05) is 37.0 Å². The second kappa shape index (κ2) is 6.01. The van der Waals surface area contributed by atoms with Gasteiger partial charge in [0, 0.05) is 0 Å². The first kappa shape index (κ1) is 14.3. The topological polar surface area (TPSA) is 52.3 Å². The average Bonchev–Trinajstić information content (AvgIpc) is 2.02. The van der Waals surface area contributed by atoms with Crippen LogP contribution in [0.2, 0.25) is 0 Å². The number of carbonyl (C=O) groups excluding carboxylic acids is 1. The van der Waals surface area contributed by atoms with Gasteiger partial charge in [0.1, 0.15) is 6.04 Å². The molecule has 0 aliphatic carbocycles. The van der Waals surface area contributed by atoms with Crippen molar-refractivity contribution in [3.63, 3.8) is 0 Å². The fourth-order valence-corrected chi connectivity index (χ4v) is 1.06. The lowest BCUT2D eigenvalue weighted by Gasteiger charge is -2.20. The molecule has 2 N–H and O–H groups in total. The standard InChI is InChI=1S/C8H14Cl3NO2/c1-5(2)3-6(12)7(13)14-8(10,11)4-9/h5-6H,3-4,12H2,1-2H3/t6-/m0/s1. The van der Waals surface area contributed by atoms with E-state index in [2.05, 4.69) is 4.74 Å². The van der Waals surface area contributed by atoms with Crippen molar-refractivity contribution in [2.75, 3.05) is 5.88 Å². The van der Waals surface area contributed by atoms with Crippen molar-refractivity contribution in [2.45, 2.75) is 30.8 Å². The first-order valence-electron chi connectivity index (χ1n) is 4.20. The zero-order valence-corrected chi connectivity index (χ0v) is 10.4. The molecule has 1 atom stereocenters. The number of hydrogen-bond acceptors (Lipinski definition) is 3. The third-order valence-corrected chi connectivity index (χ3v) is 2.51. The SMILES string of the molecule is CC(C)C[C@H](N)C(=O)OC(Cl)(Cl)CCl. The maximum absolute atomic E-state index is 11.3. The predicted molar refractivity (Wildman–Crippen MR) is 58.7 cm³/mol. The summed E-state index contributed by atoms with van der Waals surface area (Å²) in [5, 5.41) is 0. The van der Waals surface area contributed by atoms with Crippen LogP contribution in [0.4, 0.5) is 0 Å². The molecule has 0 rings (SSSR count). The molecule has 6 heteroatoms. The summed E-state index contributed by atoms with van der Waals surface area (Å²) in [4.78, 5) is 11.3. The molecule has 0 unspecified atom stereocenters. The van der Waals surface area contributed by atoms with E-state index in [-0.39, 0.29) is 5.88 Å². The fourth-order valence-electron chi connectivity index (χ4n) is 0.854. The molecule has 0 spiro atoms. The number of hydrogen-bond donors (Lipinski definition) is 1. The number of rotatable bonds is 5. The smallest absolute Gasteiger partial charge is 0.325 e. The minimum Gasteiger partial charge on any atom is -0.426 e. The maximum atomic E-state index is 11.3. The molecule has 0 bridgehead atoms. The molecule has 0 radical (unpaired) electrons. The van der Waals surface area contributed by atoms with Crippen molar-refractivity contribution >= 4 is 40.8 Å². The highest BCUT2D eigenvalue weighted by Gasteiger charge is 2.30. The first-order valence-corrected chi connectivity index (χ1v) is 5.49. The van der Waals surface area contributed by atoms with E-state index < -0.39 is 16.5 Å². The van der Waals surface area contributed by atoms with Crippen LogP contribution in [-0.2, 0) is 9.53 Å². The summed E-state index contributed by atoms with van der Waals surface area (Å²) in [6.45, 7) is 3.90. The van der Waals surface area contributed by atoms with Gasteiger partial charge in [0.2, 0.25) is 0 Å². The van der Waals surface area contributed by atoms with Crippen molar-refractivity contribution < 1.29 is 9.53 Å². The van der Waals surface area contributed by atoms with Gasteiger partial charge in [-0.3, -0.25) is 4.79 Å². The number of esters is 1. The van der Waals surface area contributed by atoms with Gasteiger partial charge in [-0.05, 0) is 12.3 Å². The Bertz CT molecular complexity index is 197. The van der Waals surface area contributed by atoms with Crippen LogP contribution in [0, 0.1) is 5.92 Å². The Morgan fingerprint density at radius 3 is 2.36 bits per heavy atom.